The molecule has 0 radical (unpaired) electrons. The fourth-order valence-corrected chi connectivity index (χ4v) is 4.23. The van der Waals surface area contributed by atoms with Crippen molar-refractivity contribution >= 4 is 17.8 Å². The highest BCUT2D eigenvalue weighted by Crippen LogP contribution is 2.44. The van der Waals surface area contributed by atoms with Crippen LogP contribution in [0.15, 0.2) is 18.3 Å². The highest BCUT2D eigenvalue weighted by Gasteiger charge is 2.47. The van der Waals surface area contributed by atoms with Gasteiger partial charge in [-0.25, -0.2) is 9.78 Å². The number of hydrogen-bond acceptors (Lipinski definition) is 6. The number of alkyl carbamates (subject to hydrolysis) is 1. The number of rotatable bonds is 3. The van der Waals surface area contributed by atoms with E-state index in [0.29, 0.717) is 31.7 Å². The molecule has 2 aromatic rings. The minimum absolute atomic E-state index is 0.225. The van der Waals surface area contributed by atoms with Gasteiger partial charge in [0.1, 0.15) is 5.82 Å². The van der Waals surface area contributed by atoms with Crippen LogP contribution in [0.1, 0.15) is 24.1 Å². The molecule has 1 fully saturated rings. The molecule has 1 saturated heterocycles. The number of nitrogen functional groups attached to an aromatic ring is 1. The minimum atomic E-state index is -4.61. The monoisotopic (exact) mass is 438 g/mol. The Kier molecular flexibility index (Phi) is 5.02. The first-order valence-electron chi connectivity index (χ1n) is 9.67. The van der Waals surface area contributed by atoms with E-state index >= 15 is 0 Å². The molecule has 4 heterocycles. The van der Waals surface area contributed by atoms with Gasteiger partial charge in [-0.2, -0.15) is 18.3 Å². The summed E-state index contributed by atoms with van der Waals surface area (Å²) >= 11 is 0. The smallest absolute Gasteiger partial charge is 0.419 e. The number of aryl methyl sites for hydroxylation is 1. The number of fused-ring (bicyclic) bond motifs is 2. The zero-order valence-electron chi connectivity index (χ0n) is 16.7. The van der Waals surface area contributed by atoms with Crippen LogP contribution in [0.3, 0.4) is 0 Å². The van der Waals surface area contributed by atoms with Crippen molar-refractivity contribution in [3.8, 4) is 11.3 Å². The summed E-state index contributed by atoms with van der Waals surface area (Å²) in [6, 6.07) is 2.71. The molecule has 0 bridgehead atoms. The topological polar surface area (TPSA) is 115 Å². The van der Waals surface area contributed by atoms with Crippen LogP contribution in [0.5, 0.6) is 0 Å². The van der Waals surface area contributed by atoms with E-state index in [2.05, 4.69) is 15.4 Å². The van der Waals surface area contributed by atoms with E-state index in [-0.39, 0.29) is 23.5 Å². The Morgan fingerprint density at radius 1 is 1.29 bits per heavy atom. The van der Waals surface area contributed by atoms with E-state index in [1.54, 1.807) is 15.6 Å². The second-order valence-electron chi connectivity index (χ2n) is 7.71. The Morgan fingerprint density at radius 2 is 2.03 bits per heavy atom. The standard InChI is InChI=1S/C19H21F3N6O3/c1-24-17(30)31-9-15(29)27-4-2-18(10-27)3-5-28-14(18)7-13(26-28)11-6-12(19(20,21)22)16(23)25-8-11/h6-8H,2-5,9-10H2,1H3,(H2,23,25)(H,24,30)/t18-/m1/s1. The number of likely N-dealkylation sites (tertiary alicyclic amines) is 1. The van der Waals surface area contributed by atoms with Crippen LogP contribution in [-0.4, -0.2) is 58.4 Å². The fraction of sp³-hybridized carbons (Fsp3) is 0.474. The summed E-state index contributed by atoms with van der Waals surface area (Å²) in [5.41, 5.74) is 5.53. The van der Waals surface area contributed by atoms with Gasteiger partial charge in [-0.3, -0.25) is 9.48 Å². The lowest BCUT2D eigenvalue weighted by Crippen LogP contribution is -2.36. The van der Waals surface area contributed by atoms with Crippen LogP contribution in [0.25, 0.3) is 11.3 Å². The van der Waals surface area contributed by atoms with Crippen molar-refractivity contribution < 1.29 is 27.5 Å². The van der Waals surface area contributed by atoms with Gasteiger partial charge in [-0.15, -0.1) is 0 Å². The van der Waals surface area contributed by atoms with Crippen molar-refractivity contribution in [2.75, 3.05) is 32.5 Å². The summed E-state index contributed by atoms with van der Waals surface area (Å²) in [5.74, 6) is -0.875. The van der Waals surface area contributed by atoms with Crippen molar-refractivity contribution in [1.82, 2.24) is 25.0 Å². The molecular weight excluding hydrogens is 417 g/mol. The van der Waals surface area contributed by atoms with Gasteiger partial charge in [-0.05, 0) is 25.0 Å². The molecule has 2 aromatic heterocycles. The van der Waals surface area contributed by atoms with Crippen LogP contribution in [-0.2, 0) is 27.7 Å². The molecule has 0 unspecified atom stereocenters. The third kappa shape index (κ3) is 3.77. The van der Waals surface area contributed by atoms with Crippen LogP contribution in [0, 0.1) is 0 Å². The average Bonchev–Trinajstić information content (AvgIpc) is 3.42. The number of hydrogen-bond donors (Lipinski definition) is 2. The number of carbonyl (C=O) groups is 2. The van der Waals surface area contributed by atoms with Crippen LogP contribution < -0.4 is 11.1 Å². The molecule has 1 spiro atoms. The molecule has 2 amide bonds. The van der Waals surface area contributed by atoms with E-state index in [1.165, 1.54) is 13.2 Å². The number of ether oxygens (including phenoxy) is 1. The van der Waals surface area contributed by atoms with Gasteiger partial charge in [0.25, 0.3) is 5.91 Å². The summed E-state index contributed by atoms with van der Waals surface area (Å²) in [4.78, 5) is 28.9. The van der Waals surface area contributed by atoms with Crippen molar-refractivity contribution in [3.05, 3.63) is 29.6 Å². The van der Waals surface area contributed by atoms with E-state index in [4.69, 9.17) is 10.5 Å². The number of anilines is 1. The number of nitrogens with zero attached hydrogens (tertiary/aromatic N) is 4. The average molecular weight is 438 g/mol. The van der Waals surface area contributed by atoms with Crippen molar-refractivity contribution in [1.29, 1.82) is 0 Å². The lowest BCUT2D eigenvalue weighted by Gasteiger charge is -2.23. The van der Waals surface area contributed by atoms with Crippen molar-refractivity contribution in [3.63, 3.8) is 0 Å². The van der Waals surface area contributed by atoms with Crippen molar-refractivity contribution in [2.24, 2.45) is 0 Å². The predicted molar refractivity (Wildman–Crippen MR) is 103 cm³/mol. The molecule has 1 atom stereocenters. The number of amides is 2. The van der Waals surface area contributed by atoms with Gasteiger partial charge in [0, 0.05) is 49.6 Å². The first-order valence-corrected chi connectivity index (χ1v) is 9.67. The van der Waals surface area contributed by atoms with Gasteiger partial charge >= 0.3 is 12.3 Å². The zero-order valence-corrected chi connectivity index (χ0v) is 16.7. The molecule has 4 rings (SSSR count). The van der Waals surface area contributed by atoms with Crippen LogP contribution in [0.2, 0.25) is 0 Å². The summed E-state index contributed by atoms with van der Waals surface area (Å²) in [6.45, 7) is 1.18. The fourth-order valence-electron chi connectivity index (χ4n) is 4.23. The molecule has 31 heavy (non-hydrogen) atoms. The second kappa shape index (κ2) is 7.43. The van der Waals surface area contributed by atoms with Gasteiger partial charge in [0.2, 0.25) is 0 Å². The zero-order chi connectivity index (χ0) is 22.4. The maximum absolute atomic E-state index is 13.2. The number of pyridine rings is 1. The molecule has 12 heteroatoms. The molecular formula is C19H21F3N6O3. The normalized spacial score (nSPS) is 20.2. The van der Waals surface area contributed by atoms with Gasteiger partial charge in [0.15, 0.2) is 6.61 Å². The predicted octanol–water partition coefficient (Wildman–Crippen LogP) is 1.78. The first-order chi connectivity index (χ1) is 14.6. The second-order valence-corrected chi connectivity index (χ2v) is 7.71. The summed E-state index contributed by atoms with van der Waals surface area (Å²) in [7, 11) is 1.41. The number of nitrogens with two attached hydrogens (primary N) is 1. The molecule has 0 aromatic carbocycles. The summed E-state index contributed by atoms with van der Waals surface area (Å²) in [6.07, 6.45) is -2.56. The lowest BCUT2D eigenvalue weighted by molar-refractivity contribution is -0.137. The number of aromatic nitrogens is 3. The first kappa shape index (κ1) is 20.9. The third-order valence-electron chi connectivity index (χ3n) is 5.88. The van der Waals surface area contributed by atoms with Crippen LogP contribution >= 0.6 is 0 Å². The molecule has 3 N–H and O–H groups in total. The summed E-state index contributed by atoms with van der Waals surface area (Å²) in [5, 5.41) is 6.74. The quantitative estimate of drug-likeness (QED) is 0.755. The van der Waals surface area contributed by atoms with E-state index in [9.17, 15) is 22.8 Å². The molecule has 2 aliphatic heterocycles. The van der Waals surface area contributed by atoms with Gasteiger partial charge in [0.05, 0.1) is 11.3 Å². The van der Waals surface area contributed by atoms with E-state index in [0.717, 1.165) is 18.2 Å². The number of nitrogens with one attached hydrogen (secondary N) is 1. The SMILES string of the molecule is CNC(=O)OCC(=O)N1CC[C@@]2(CCn3nc(-c4cnc(N)c(C(F)(F)F)c4)cc32)C1. The molecule has 0 aliphatic carbocycles. The van der Waals surface area contributed by atoms with Gasteiger partial charge in [-0.1, -0.05) is 0 Å². The maximum atomic E-state index is 13.2. The van der Waals surface area contributed by atoms with E-state index in [1.807, 2.05) is 0 Å². The highest BCUT2D eigenvalue weighted by atomic mass is 19.4. The highest BCUT2D eigenvalue weighted by molar-refractivity contribution is 5.80. The molecule has 2 aliphatic rings. The summed E-state index contributed by atoms with van der Waals surface area (Å²) < 4.78 is 46.1. The minimum Gasteiger partial charge on any atom is -0.439 e. The molecule has 9 nitrogen and oxygen atoms in total. The number of carbonyl (C=O) groups excluding carboxylic acids is 2. The number of halogens is 3. The van der Waals surface area contributed by atoms with Gasteiger partial charge < -0.3 is 20.7 Å². The number of alkyl halides is 3. The largest absolute Gasteiger partial charge is 0.439 e. The molecule has 0 saturated carbocycles. The lowest BCUT2D eigenvalue weighted by atomic mass is 9.82. The Bertz CT molecular complexity index is 1040. The van der Waals surface area contributed by atoms with Crippen LogP contribution in [0.4, 0.5) is 23.8 Å². The molecule has 166 valence electrons. The Morgan fingerprint density at radius 3 is 2.74 bits per heavy atom. The van der Waals surface area contributed by atoms with Crippen molar-refractivity contribution in [2.45, 2.75) is 31.0 Å². The Labute approximate surface area is 175 Å². The Balaban J connectivity index is 1.55. The Hall–Kier alpha value is -3.31. The third-order valence-corrected chi connectivity index (χ3v) is 5.88. The van der Waals surface area contributed by atoms with E-state index < -0.39 is 23.7 Å². The maximum Gasteiger partial charge on any atom is 0.419 e.